The van der Waals surface area contributed by atoms with Gasteiger partial charge in [-0.15, -0.1) is 0 Å². The summed E-state index contributed by atoms with van der Waals surface area (Å²) in [4.78, 5) is 24.8. The van der Waals surface area contributed by atoms with Crippen molar-refractivity contribution in [2.24, 2.45) is 15.7 Å². The Kier molecular flexibility index (Phi) is 6.42. The Morgan fingerprint density at radius 3 is 2.78 bits per heavy atom. The molecular weight excluding hydrogens is 452 g/mol. The number of hydrogen-bond acceptors (Lipinski definition) is 8. The number of aromatic amines is 1. The third kappa shape index (κ3) is 4.61. The molecule has 1 aliphatic rings. The van der Waals surface area contributed by atoms with E-state index in [4.69, 9.17) is 26.8 Å². The minimum atomic E-state index is -0.501. The first-order valence-corrected chi connectivity index (χ1v) is 10.9. The summed E-state index contributed by atoms with van der Waals surface area (Å²) < 4.78 is 10.5. The van der Waals surface area contributed by atoms with Crippen molar-refractivity contribution in [2.75, 3.05) is 25.3 Å². The lowest BCUT2D eigenvalue weighted by Gasteiger charge is -2.18. The first kappa shape index (κ1) is 21.8. The van der Waals surface area contributed by atoms with Gasteiger partial charge in [0.05, 0.1) is 30.7 Å². The molecule has 11 heteroatoms. The highest BCUT2D eigenvalue weighted by molar-refractivity contribution is 8.14. The quantitative estimate of drug-likeness (QED) is 0.435. The van der Waals surface area contributed by atoms with Gasteiger partial charge in [0.2, 0.25) is 5.91 Å². The van der Waals surface area contributed by atoms with Crippen molar-refractivity contribution < 1.29 is 14.3 Å². The van der Waals surface area contributed by atoms with E-state index in [0.29, 0.717) is 27.4 Å². The van der Waals surface area contributed by atoms with Gasteiger partial charge in [-0.1, -0.05) is 41.6 Å². The Bertz CT molecular complexity index is 1230. The van der Waals surface area contributed by atoms with Crippen LogP contribution in [0.2, 0.25) is 5.02 Å². The van der Waals surface area contributed by atoms with Gasteiger partial charge < -0.3 is 30.8 Å². The minimum Gasteiger partial charge on any atom is -0.495 e. The van der Waals surface area contributed by atoms with Crippen molar-refractivity contribution in [3.8, 4) is 11.5 Å². The molecule has 0 aliphatic carbocycles. The van der Waals surface area contributed by atoms with Gasteiger partial charge in [0.25, 0.3) is 0 Å². The van der Waals surface area contributed by atoms with Gasteiger partial charge in [-0.3, -0.25) is 4.79 Å². The third-order valence-electron chi connectivity index (χ3n) is 4.72. The van der Waals surface area contributed by atoms with Gasteiger partial charge in [0.1, 0.15) is 11.5 Å². The average Bonchev–Trinajstić information content (AvgIpc) is 3.22. The van der Waals surface area contributed by atoms with Crippen LogP contribution in [-0.2, 0) is 4.79 Å². The number of amides is 1. The van der Waals surface area contributed by atoms with Gasteiger partial charge in [0.15, 0.2) is 17.3 Å². The zero-order valence-corrected chi connectivity index (χ0v) is 18.9. The number of nitrogens with one attached hydrogen (secondary N) is 3. The molecule has 2 aromatic carbocycles. The number of hydrogen-bond donors (Lipinski definition) is 4. The summed E-state index contributed by atoms with van der Waals surface area (Å²) in [6.07, 6.45) is 1.37. The normalized spacial score (nSPS) is 15.5. The van der Waals surface area contributed by atoms with Crippen LogP contribution in [0.5, 0.6) is 11.5 Å². The number of anilines is 1. The van der Waals surface area contributed by atoms with Gasteiger partial charge in [-0.2, -0.15) is 0 Å². The van der Waals surface area contributed by atoms with Crippen LogP contribution in [0.3, 0.4) is 0 Å². The molecule has 1 aromatic heterocycles. The van der Waals surface area contributed by atoms with Crippen molar-refractivity contribution in [2.45, 2.75) is 6.17 Å². The third-order valence-corrected chi connectivity index (χ3v) is 5.91. The number of benzene rings is 2. The predicted molar refractivity (Wildman–Crippen MR) is 129 cm³/mol. The summed E-state index contributed by atoms with van der Waals surface area (Å²) in [5.74, 6) is 0.959. The molecule has 32 heavy (non-hydrogen) atoms. The molecule has 9 nitrogen and oxygen atoms in total. The zero-order chi connectivity index (χ0) is 22.7. The molecule has 0 bridgehead atoms. The van der Waals surface area contributed by atoms with E-state index < -0.39 is 6.17 Å². The fourth-order valence-corrected chi connectivity index (χ4v) is 4.18. The number of nitrogens with two attached hydrogens (primary N) is 1. The number of halogens is 1. The number of H-pyrrole nitrogens is 1. The molecule has 3 aromatic rings. The highest BCUT2D eigenvalue weighted by Gasteiger charge is 2.21. The smallest absolute Gasteiger partial charge is 0.234 e. The molecule has 0 fully saturated rings. The monoisotopic (exact) mass is 472 g/mol. The van der Waals surface area contributed by atoms with Crippen molar-refractivity contribution in [3.05, 3.63) is 53.2 Å². The van der Waals surface area contributed by atoms with E-state index in [9.17, 15) is 4.79 Å². The maximum Gasteiger partial charge on any atom is 0.234 e. The number of thioether (sulfide) groups is 1. The van der Waals surface area contributed by atoms with Crippen molar-refractivity contribution in [3.63, 3.8) is 0 Å². The average molecular weight is 473 g/mol. The van der Waals surface area contributed by atoms with Gasteiger partial charge in [-0.05, 0) is 12.1 Å². The largest absolute Gasteiger partial charge is 0.495 e. The molecule has 0 saturated carbocycles. The maximum absolute atomic E-state index is 12.5. The standard InChI is InChI=1S/C21H21ClN6O3S/c1-30-16-8-17(31-2)15(7-13(16)22)25-18(29)10-32-21-27-19(26-20(23)28-21)12-9-24-14-6-4-3-5-11(12)14/h3-9,19,24H,10H2,1-2H3,(H,25,29)(H3,23,26,27,28). The Labute approximate surface area is 193 Å². The van der Waals surface area contributed by atoms with Crippen molar-refractivity contribution in [1.82, 2.24) is 10.3 Å². The number of carbonyl (C=O) groups excluding carboxylic acids is 1. The molecule has 166 valence electrons. The Balaban J connectivity index is 1.45. The minimum absolute atomic E-state index is 0.0898. The van der Waals surface area contributed by atoms with Crippen LogP contribution in [-0.4, -0.2) is 42.0 Å². The van der Waals surface area contributed by atoms with Crippen LogP contribution in [0.25, 0.3) is 10.9 Å². The SMILES string of the molecule is COc1cc(OC)c(NC(=O)CSC2=NC(c3c[nH]c4ccccc34)N=C(N)N2)cc1Cl. The van der Waals surface area contributed by atoms with Crippen LogP contribution < -0.4 is 25.8 Å². The lowest BCUT2D eigenvalue weighted by molar-refractivity contribution is -0.113. The highest BCUT2D eigenvalue weighted by atomic mass is 35.5. The van der Waals surface area contributed by atoms with E-state index >= 15 is 0 Å². The molecule has 4 rings (SSSR count). The topological polar surface area (TPSA) is 126 Å². The van der Waals surface area contributed by atoms with Crippen molar-refractivity contribution >= 4 is 57.0 Å². The van der Waals surface area contributed by atoms with Crippen LogP contribution in [0.1, 0.15) is 11.7 Å². The fourth-order valence-electron chi connectivity index (χ4n) is 3.24. The number of nitrogens with zero attached hydrogens (tertiary/aromatic N) is 2. The summed E-state index contributed by atoms with van der Waals surface area (Å²) in [5.41, 5.74) is 8.31. The molecule has 0 spiro atoms. The predicted octanol–water partition coefficient (Wildman–Crippen LogP) is 3.48. The molecule has 0 radical (unpaired) electrons. The van der Waals surface area contributed by atoms with Crippen LogP contribution in [0.4, 0.5) is 5.69 Å². The molecule has 1 aliphatic heterocycles. The van der Waals surface area contributed by atoms with E-state index in [1.54, 1.807) is 12.1 Å². The molecule has 1 unspecified atom stereocenters. The Hall–Kier alpha value is -3.37. The lowest BCUT2D eigenvalue weighted by atomic mass is 10.1. The maximum atomic E-state index is 12.5. The number of ether oxygens (including phenoxy) is 2. The number of amidine groups is 1. The summed E-state index contributed by atoms with van der Waals surface area (Å²) in [5, 5.41) is 7.59. The van der Waals surface area contributed by atoms with Gasteiger partial charge >= 0.3 is 0 Å². The van der Waals surface area contributed by atoms with E-state index in [0.717, 1.165) is 16.5 Å². The number of rotatable bonds is 6. The lowest BCUT2D eigenvalue weighted by Crippen LogP contribution is -2.39. The molecule has 2 heterocycles. The second kappa shape index (κ2) is 9.41. The van der Waals surface area contributed by atoms with Gasteiger partial charge in [-0.25, -0.2) is 9.98 Å². The van der Waals surface area contributed by atoms with E-state index in [-0.39, 0.29) is 17.6 Å². The summed E-state index contributed by atoms with van der Waals surface area (Å²) in [6, 6.07) is 11.1. The van der Waals surface area contributed by atoms with E-state index in [1.165, 1.54) is 26.0 Å². The summed E-state index contributed by atoms with van der Waals surface area (Å²) >= 11 is 7.38. The number of aromatic nitrogens is 1. The number of fused-ring (bicyclic) bond motifs is 1. The van der Waals surface area contributed by atoms with Crippen molar-refractivity contribution in [1.29, 1.82) is 0 Å². The number of methoxy groups -OCH3 is 2. The number of para-hydroxylation sites is 1. The van der Waals surface area contributed by atoms with E-state index in [2.05, 4.69) is 25.6 Å². The Morgan fingerprint density at radius 2 is 2.00 bits per heavy atom. The zero-order valence-electron chi connectivity index (χ0n) is 17.3. The molecule has 0 saturated heterocycles. The number of aliphatic imine (C=N–C) groups is 2. The molecule has 5 N–H and O–H groups in total. The number of carbonyl (C=O) groups is 1. The first-order chi connectivity index (χ1) is 15.5. The second-order valence-electron chi connectivity index (χ2n) is 6.76. The van der Waals surface area contributed by atoms with Crippen LogP contribution in [0, 0.1) is 0 Å². The highest BCUT2D eigenvalue weighted by Crippen LogP contribution is 2.36. The van der Waals surface area contributed by atoms with Crippen LogP contribution in [0.15, 0.2) is 52.6 Å². The molecule has 1 atom stereocenters. The second-order valence-corrected chi connectivity index (χ2v) is 8.13. The number of guanidine groups is 1. The van der Waals surface area contributed by atoms with Gasteiger partial charge in [0, 0.05) is 28.7 Å². The van der Waals surface area contributed by atoms with Crippen LogP contribution >= 0.6 is 23.4 Å². The van der Waals surface area contributed by atoms with E-state index in [1.807, 2.05) is 30.5 Å². The molecule has 1 amide bonds. The summed E-state index contributed by atoms with van der Waals surface area (Å²) in [7, 11) is 3.01. The fraction of sp³-hybridized carbons (Fsp3) is 0.190. The Morgan fingerprint density at radius 1 is 1.22 bits per heavy atom. The first-order valence-electron chi connectivity index (χ1n) is 9.56. The molecular formula is C21H21ClN6O3S. The summed E-state index contributed by atoms with van der Waals surface area (Å²) in [6.45, 7) is 0.